The van der Waals surface area contributed by atoms with Crippen molar-refractivity contribution in [1.82, 2.24) is 20.2 Å². The van der Waals surface area contributed by atoms with E-state index in [1.807, 2.05) is 0 Å². The maximum absolute atomic E-state index is 11.7. The van der Waals surface area contributed by atoms with Crippen LogP contribution in [0.4, 0.5) is 11.5 Å². The van der Waals surface area contributed by atoms with Crippen molar-refractivity contribution in [3.05, 3.63) is 66.4 Å². The van der Waals surface area contributed by atoms with Crippen LogP contribution in [0.25, 0.3) is 10.8 Å². The molecule has 3 aromatic rings. The molecule has 0 aliphatic carbocycles. The summed E-state index contributed by atoms with van der Waals surface area (Å²) in [6.07, 6.45) is 4.47. The fraction of sp³-hybridized carbons (Fsp3) is 0.433. The molecule has 0 radical (unpaired) electrons. The van der Waals surface area contributed by atoms with E-state index in [-0.39, 0.29) is 5.91 Å². The number of aromatic nitrogens is 2. The van der Waals surface area contributed by atoms with Crippen molar-refractivity contribution in [3.8, 4) is 6.01 Å². The number of amides is 1. The van der Waals surface area contributed by atoms with E-state index in [0.717, 1.165) is 44.0 Å². The van der Waals surface area contributed by atoms with E-state index >= 15 is 0 Å². The summed E-state index contributed by atoms with van der Waals surface area (Å²) in [6, 6.07) is 15.8. The molecular weight excluding hydrogens is 476 g/mol. The second kappa shape index (κ2) is 11.8. The molecule has 2 aliphatic rings. The highest BCUT2D eigenvalue weighted by molar-refractivity contribution is 5.94. The van der Waals surface area contributed by atoms with E-state index in [1.165, 1.54) is 34.5 Å². The number of anilines is 2. The van der Waals surface area contributed by atoms with Crippen LogP contribution >= 0.6 is 0 Å². The van der Waals surface area contributed by atoms with Crippen molar-refractivity contribution in [2.75, 3.05) is 56.2 Å². The lowest BCUT2D eigenvalue weighted by molar-refractivity contribution is -0.116. The van der Waals surface area contributed by atoms with Crippen molar-refractivity contribution >= 4 is 28.2 Å². The summed E-state index contributed by atoms with van der Waals surface area (Å²) in [5.74, 6) is 0.749. The molecule has 8 heteroatoms. The highest BCUT2D eigenvalue weighted by Gasteiger charge is 2.27. The largest absolute Gasteiger partial charge is 0.462 e. The molecule has 0 spiro atoms. The van der Waals surface area contributed by atoms with Gasteiger partial charge in [-0.3, -0.25) is 4.79 Å². The first-order chi connectivity index (χ1) is 18.6. The number of benzene rings is 2. The van der Waals surface area contributed by atoms with Crippen molar-refractivity contribution in [3.63, 3.8) is 0 Å². The average molecular weight is 515 g/mol. The van der Waals surface area contributed by atoms with E-state index in [2.05, 4.69) is 83.0 Å². The molecule has 3 heterocycles. The summed E-state index contributed by atoms with van der Waals surface area (Å²) < 4.78 is 6.24. The molecule has 5 rings (SSSR count). The fourth-order valence-corrected chi connectivity index (χ4v) is 5.56. The number of rotatable bonds is 10. The van der Waals surface area contributed by atoms with Crippen LogP contribution in [-0.4, -0.2) is 73.2 Å². The fourth-order valence-electron chi connectivity index (χ4n) is 5.56. The van der Waals surface area contributed by atoms with Gasteiger partial charge in [0.15, 0.2) is 0 Å². The van der Waals surface area contributed by atoms with Gasteiger partial charge in [-0.15, -0.1) is 0 Å². The second-order valence-electron chi connectivity index (χ2n) is 10.1. The zero-order chi connectivity index (χ0) is 26.5. The minimum absolute atomic E-state index is 0.166. The summed E-state index contributed by atoms with van der Waals surface area (Å²) in [5.41, 5.74) is 3.41. The van der Waals surface area contributed by atoms with Gasteiger partial charge in [-0.25, -0.2) is 0 Å². The number of hydrogen-bond donors (Lipinski definition) is 1. The van der Waals surface area contributed by atoms with Crippen LogP contribution in [0.2, 0.25) is 0 Å². The van der Waals surface area contributed by atoms with Crippen LogP contribution in [-0.2, 0) is 17.8 Å². The van der Waals surface area contributed by atoms with E-state index < -0.39 is 0 Å². The predicted octanol–water partition coefficient (Wildman–Crippen LogP) is 3.79. The normalized spacial score (nSPS) is 17.3. The van der Waals surface area contributed by atoms with Crippen LogP contribution in [0.15, 0.2) is 55.1 Å². The van der Waals surface area contributed by atoms with Gasteiger partial charge in [0.05, 0.1) is 12.2 Å². The molecular formula is C30H38N6O2. The Bertz CT molecular complexity index is 1290. The zero-order valence-corrected chi connectivity index (χ0v) is 22.5. The number of likely N-dealkylation sites (tertiary alicyclic amines) is 1. The van der Waals surface area contributed by atoms with Gasteiger partial charge in [-0.1, -0.05) is 43.0 Å². The van der Waals surface area contributed by atoms with E-state index in [9.17, 15) is 4.79 Å². The Morgan fingerprint density at radius 2 is 2.05 bits per heavy atom. The minimum Gasteiger partial charge on any atom is -0.462 e. The van der Waals surface area contributed by atoms with Gasteiger partial charge >= 0.3 is 6.01 Å². The Hall–Kier alpha value is -3.65. The predicted molar refractivity (Wildman–Crippen MR) is 153 cm³/mol. The first-order valence-electron chi connectivity index (χ1n) is 13.7. The van der Waals surface area contributed by atoms with Crippen molar-refractivity contribution < 1.29 is 9.53 Å². The smallest absolute Gasteiger partial charge is 0.318 e. The molecule has 0 bridgehead atoms. The lowest BCUT2D eigenvalue weighted by Crippen LogP contribution is -2.38. The van der Waals surface area contributed by atoms with E-state index in [0.29, 0.717) is 38.3 Å². The molecule has 0 saturated carbocycles. The zero-order valence-electron chi connectivity index (χ0n) is 22.5. The first kappa shape index (κ1) is 26.0. The first-order valence-corrected chi connectivity index (χ1v) is 13.7. The summed E-state index contributed by atoms with van der Waals surface area (Å²) in [6.45, 7) is 10.9. The molecule has 1 amide bonds. The molecule has 2 aliphatic heterocycles. The maximum Gasteiger partial charge on any atom is 0.318 e. The van der Waals surface area contributed by atoms with Crippen molar-refractivity contribution in [2.24, 2.45) is 0 Å². The molecule has 2 aromatic carbocycles. The van der Waals surface area contributed by atoms with E-state index in [4.69, 9.17) is 14.7 Å². The molecule has 1 atom stereocenters. The number of carbonyl (C=O) groups excluding carboxylic acids is 1. The number of nitrogens with one attached hydrogen (secondary N) is 1. The molecule has 1 aromatic heterocycles. The molecule has 1 fully saturated rings. The minimum atomic E-state index is -0.166. The van der Waals surface area contributed by atoms with Gasteiger partial charge < -0.3 is 24.8 Å². The lowest BCUT2D eigenvalue weighted by atomic mass is 10.0. The standard InChI is InChI=1S/C30H38N6O2/c1-4-28(37)31-16-19-35(5-2)29-25-15-18-36(27-14-8-11-22-10-6-7-13-24(22)27)20-26(25)32-30(33-29)38-21-23-12-9-17-34(23)3/h4,6-8,10-11,13-14,23H,1,5,9,12,15-21H2,2-3H3,(H,31,37)/t23-/m0/s1. The second-order valence-corrected chi connectivity index (χ2v) is 10.1. The van der Waals surface area contributed by atoms with Gasteiger partial charge in [0.25, 0.3) is 0 Å². The van der Waals surface area contributed by atoms with Crippen LogP contribution in [0.1, 0.15) is 31.0 Å². The number of carbonyl (C=O) groups is 1. The molecule has 8 nitrogen and oxygen atoms in total. The third kappa shape index (κ3) is 5.60. The SMILES string of the molecule is C=CC(=O)NCCN(CC)c1nc(OC[C@@H]2CCCN2C)nc2c1CCN(c1cccc3ccccc13)C2. The summed E-state index contributed by atoms with van der Waals surface area (Å²) in [5, 5.41) is 5.38. The Morgan fingerprint density at radius 3 is 2.84 bits per heavy atom. The summed E-state index contributed by atoms with van der Waals surface area (Å²) in [7, 11) is 2.15. The highest BCUT2D eigenvalue weighted by Crippen LogP contribution is 2.34. The van der Waals surface area contributed by atoms with Crippen LogP contribution in [0, 0.1) is 0 Å². The molecule has 0 unspecified atom stereocenters. The monoisotopic (exact) mass is 514 g/mol. The number of hydrogen-bond acceptors (Lipinski definition) is 7. The number of nitrogens with zero attached hydrogens (tertiary/aromatic N) is 5. The van der Waals surface area contributed by atoms with Crippen molar-refractivity contribution in [2.45, 2.75) is 38.8 Å². The van der Waals surface area contributed by atoms with Gasteiger partial charge in [-0.2, -0.15) is 9.97 Å². The maximum atomic E-state index is 11.7. The third-order valence-corrected chi connectivity index (χ3v) is 7.75. The van der Waals surface area contributed by atoms with Gasteiger partial charge in [0, 0.05) is 48.9 Å². The average Bonchev–Trinajstić information content (AvgIpc) is 3.37. The van der Waals surface area contributed by atoms with Gasteiger partial charge in [0.1, 0.15) is 12.4 Å². The topological polar surface area (TPSA) is 73.8 Å². The third-order valence-electron chi connectivity index (χ3n) is 7.75. The summed E-state index contributed by atoms with van der Waals surface area (Å²) in [4.78, 5) is 28.6. The van der Waals surface area contributed by atoms with Crippen LogP contribution < -0.4 is 19.9 Å². The van der Waals surface area contributed by atoms with Crippen LogP contribution in [0.5, 0.6) is 6.01 Å². The Morgan fingerprint density at radius 1 is 1.21 bits per heavy atom. The molecule has 38 heavy (non-hydrogen) atoms. The van der Waals surface area contributed by atoms with E-state index in [1.54, 1.807) is 0 Å². The molecule has 200 valence electrons. The summed E-state index contributed by atoms with van der Waals surface area (Å²) >= 11 is 0. The van der Waals surface area contributed by atoms with Crippen molar-refractivity contribution in [1.29, 1.82) is 0 Å². The Kier molecular flexibility index (Phi) is 8.08. The number of likely N-dealkylation sites (N-methyl/N-ethyl adjacent to an activating group) is 2. The Labute approximate surface area is 225 Å². The van der Waals surface area contributed by atoms with Gasteiger partial charge in [-0.05, 0) is 57.3 Å². The Balaban J connectivity index is 1.44. The van der Waals surface area contributed by atoms with Gasteiger partial charge in [0.2, 0.25) is 5.91 Å². The number of fused-ring (bicyclic) bond motifs is 2. The quantitative estimate of drug-likeness (QED) is 0.413. The molecule has 1 saturated heterocycles. The molecule has 1 N–H and O–H groups in total. The van der Waals surface area contributed by atoms with Crippen LogP contribution in [0.3, 0.4) is 0 Å². The highest BCUT2D eigenvalue weighted by atomic mass is 16.5. The number of ether oxygens (including phenoxy) is 1. The lowest BCUT2D eigenvalue weighted by Gasteiger charge is -2.34.